The molecule has 1 saturated carbocycles. The molecule has 2 atom stereocenters. The number of carbonyl (C=O) groups is 1. The van der Waals surface area contributed by atoms with Crippen molar-refractivity contribution in [2.75, 3.05) is 21.1 Å². The molecule has 0 unspecified atom stereocenters. The van der Waals surface area contributed by atoms with E-state index in [9.17, 15) is 4.79 Å². The summed E-state index contributed by atoms with van der Waals surface area (Å²) in [5.41, 5.74) is 0.833. The van der Waals surface area contributed by atoms with E-state index >= 15 is 0 Å². The van der Waals surface area contributed by atoms with E-state index in [4.69, 9.17) is 23.2 Å². The van der Waals surface area contributed by atoms with E-state index in [0.717, 1.165) is 18.4 Å². The van der Waals surface area contributed by atoms with Crippen LogP contribution < -0.4 is 0 Å². The molecule has 1 fully saturated rings. The smallest absolute Gasteiger partial charge is 0.227 e. The van der Waals surface area contributed by atoms with Crippen LogP contribution in [0.3, 0.4) is 0 Å². The molecule has 0 spiro atoms. The van der Waals surface area contributed by atoms with Crippen LogP contribution in [0.2, 0.25) is 10.0 Å². The Balaban J connectivity index is 2.07. The summed E-state index contributed by atoms with van der Waals surface area (Å²) in [6.07, 6.45) is 4.97. The topological polar surface area (TPSA) is 23.6 Å². The van der Waals surface area contributed by atoms with E-state index < -0.39 is 0 Å². The minimum Gasteiger partial charge on any atom is -0.341 e. The van der Waals surface area contributed by atoms with Gasteiger partial charge in [-0.25, -0.2) is 0 Å². The lowest BCUT2D eigenvalue weighted by Crippen LogP contribution is -2.52. The first kappa shape index (κ1) is 17.6. The first-order valence-electron chi connectivity index (χ1n) is 7.76. The third-order valence-electron chi connectivity index (χ3n) is 4.60. The lowest BCUT2D eigenvalue weighted by atomic mass is 9.88. The molecule has 0 saturated heterocycles. The maximum atomic E-state index is 12.6. The second-order valence-electron chi connectivity index (χ2n) is 6.30. The van der Waals surface area contributed by atoms with Crippen molar-refractivity contribution in [3.8, 4) is 0 Å². The maximum Gasteiger partial charge on any atom is 0.227 e. The van der Waals surface area contributed by atoms with Gasteiger partial charge in [0.05, 0.1) is 6.42 Å². The summed E-state index contributed by atoms with van der Waals surface area (Å²) >= 11 is 12.1. The monoisotopic (exact) mass is 342 g/mol. The predicted molar refractivity (Wildman–Crippen MR) is 92.7 cm³/mol. The van der Waals surface area contributed by atoms with Crippen LogP contribution in [0, 0.1) is 0 Å². The fraction of sp³-hybridized carbons (Fsp3) is 0.588. The lowest BCUT2D eigenvalue weighted by Gasteiger charge is -2.41. The molecule has 0 heterocycles. The number of carbonyl (C=O) groups excluding carboxylic acids is 1. The molecule has 1 amide bonds. The summed E-state index contributed by atoms with van der Waals surface area (Å²) in [5.74, 6) is 0.114. The number of amides is 1. The van der Waals surface area contributed by atoms with Crippen LogP contribution in [0.15, 0.2) is 18.2 Å². The second-order valence-corrected chi connectivity index (χ2v) is 7.14. The zero-order chi connectivity index (χ0) is 16.3. The van der Waals surface area contributed by atoms with E-state index in [2.05, 4.69) is 19.0 Å². The molecule has 0 N–H and O–H groups in total. The number of rotatable bonds is 4. The van der Waals surface area contributed by atoms with Gasteiger partial charge in [-0.15, -0.1) is 0 Å². The molecule has 122 valence electrons. The van der Waals surface area contributed by atoms with Gasteiger partial charge in [0.1, 0.15) is 0 Å². The van der Waals surface area contributed by atoms with Crippen LogP contribution >= 0.6 is 23.2 Å². The fourth-order valence-corrected chi connectivity index (χ4v) is 3.76. The van der Waals surface area contributed by atoms with Crippen LogP contribution in [0.1, 0.15) is 31.2 Å². The molecule has 5 heteroatoms. The Morgan fingerprint density at radius 2 is 1.77 bits per heavy atom. The summed E-state index contributed by atoms with van der Waals surface area (Å²) in [5, 5.41) is 1.15. The van der Waals surface area contributed by atoms with Crippen molar-refractivity contribution in [1.82, 2.24) is 9.80 Å². The Kier molecular flexibility index (Phi) is 6.13. The molecule has 0 radical (unpaired) electrons. The van der Waals surface area contributed by atoms with Crippen molar-refractivity contribution < 1.29 is 4.79 Å². The second kappa shape index (κ2) is 7.67. The summed E-state index contributed by atoms with van der Waals surface area (Å²) in [7, 11) is 6.10. The maximum absolute atomic E-state index is 12.6. The molecule has 1 aliphatic carbocycles. The van der Waals surface area contributed by atoms with Crippen molar-refractivity contribution in [3.05, 3.63) is 33.8 Å². The lowest BCUT2D eigenvalue weighted by molar-refractivity contribution is -0.133. The minimum atomic E-state index is 0.114. The summed E-state index contributed by atoms with van der Waals surface area (Å²) < 4.78 is 0. The summed E-state index contributed by atoms with van der Waals surface area (Å²) in [4.78, 5) is 16.8. The molecule has 0 aliphatic heterocycles. The zero-order valence-electron chi connectivity index (χ0n) is 13.5. The molecular weight excluding hydrogens is 319 g/mol. The van der Waals surface area contributed by atoms with Gasteiger partial charge in [0.15, 0.2) is 0 Å². The standard InChI is InChI=1S/C17H24Cl2N2O/c1-20(2)15-6-4-5-7-16(15)21(3)17(22)10-12-8-9-13(18)11-14(12)19/h8-9,11,15-16H,4-7,10H2,1-3H3/t15-,16-/m1/s1. The highest BCUT2D eigenvalue weighted by Crippen LogP contribution is 2.27. The Morgan fingerprint density at radius 3 is 2.36 bits per heavy atom. The van der Waals surface area contributed by atoms with Crippen molar-refractivity contribution in [3.63, 3.8) is 0 Å². The Hall–Kier alpha value is -0.770. The molecule has 1 aromatic carbocycles. The SMILES string of the molecule is CN(C)[C@@H]1CCCC[C@H]1N(C)C(=O)Cc1ccc(Cl)cc1Cl. The van der Waals surface area contributed by atoms with Crippen LogP contribution in [-0.2, 0) is 11.2 Å². The Morgan fingerprint density at radius 1 is 1.14 bits per heavy atom. The average Bonchev–Trinajstić information content (AvgIpc) is 2.49. The van der Waals surface area contributed by atoms with Gasteiger partial charge in [-0.1, -0.05) is 42.1 Å². The molecule has 0 aromatic heterocycles. The van der Waals surface area contributed by atoms with E-state index in [-0.39, 0.29) is 11.9 Å². The van der Waals surface area contributed by atoms with Crippen molar-refractivity contribution >= 4 is 29.1 Å². The van der Waals surface area contributed by atoms with Gasteiger partial charge in [0, 0.05) is 29.2 Å². The number of nitrogens with zero attached hydrogens (tertiary/aromatic N) is 2. The normalized spacial score (nSPS) is 21.9. The van der Waals surface area contributed by atoms with Gasteiger partial charge >= 0.3 is 0 Å². The minimum absolute atomic E-state index is 0.114. The molecule has 0 bridgehead atoms. The quantitative estimate of drug-likeness (QED) is 0.829. The van der Waals surface area contributed by atoms with E-state index in [1.165, 1.54) is 12.8 Å². The molecule has 2 rings (SSSR count). The van der Waals surface area contributed by atoms with Gasteiger partial charge in [-0.2, -0.15) is 0 Å². The third kappa shape index (κ3) is 4.15. The summed E-state index contributed by atoms with van der Waals surface area (Å²) in [6, 6.07) is 6.01. The Bertz CT molecular complexity index is 533. The van der Waals surface area contributed by atoms with Gasteiger partial charge in [0.2, 0.25) is 5.91 Å². The largest absolute Gasteiger partial charge is 0.341 e. The van der Waals surface area contributed by atoms with Crippen LogP contribution in [-0.4, -0.2) is 48.9 Å². The number of hydrogen-bond acceptors (Lipinski definition) is 2. The highest BCUT2D eigenvalue weighted by Gasteiger charge is 2.32. The van der Waals surface area contributed by atoms with E-state index in [1.54, 1.807) is 12.1 Å². The fourth-order valence-electron chi connectivity index (χ4n) is 3.28. The van der Waals surface area contributed by atoms with Crippen LogP contribution in [0.25, 0.3) is 0 Å². The predicted octanol–water partition coefficient (Wildman–Crippen LogP) is 3.87. The zero-order valence-corrected chi connectivity index (χ0v) is 15.0. The average molecular weight is 343 g/mol. The molecule has 1 aliphatic rings. The molecule has 22 heavy (non-hydrogen) atoms. The first-order valence-corrected chi connectivity index (χ1v) is 8.51. The summed E-state index contributed by atoms with van der Waals surface area (Å²) in [6.45, 7) is 0. The van der Waals surface area contributed by atoms with Crippen molar-refractivity contribution in [2.24, 2.45) is 0 Å². The van der Waals surface area contributed by atoms with Crippen LogP contribution in [0.4, 0.5) is 0 Å². The van der Waals surface area contributed by atoms with Gasteiger partial charge < -0.3 is 9.80 Å². The third-order valence-corrected chi connectivity index (χ3v) is 5.19. The van der Waals surface area contributed by atoms with Crippen molar-refractivity contribution in [2.45, 2.75) is 44.2 Å². The number of hydrogen-bond donors (Lipinski definition) is 0. The van der Waals surface area contributed by atoms with Crippen molar-refractivity contribution in [1.29, 1.82) is 0 Å². The molecular formula is C17H24Cl2N2O. The van der Waals surface area contributed by atoms with Gasteiger partial charge in [0.25, 0.3) is 0 Å². The first-order chi connectivity index (χ1) is 10.4. The van der Waals surface area contributed by atoms with E-state index in [0.29, 0.717) is 22.5 Å². The molecule has 1 aromatic rings. The van der Waals surface area contributed by atoms with Gasteiger partial charge in [-0.05, 0) is 44.6 Å². The van der Waals surface area contributed by atoms with Crippen LogP contribution in [0.5, 0.6) is 0 Å². The number of halogens is 2. The molecule has 3 nitrogen and oxygen atoms in total. The van der Waals surface area contributed by atoms with E-state index in [1.807, 2.05) is 18.0 Å². The Labute approximate surface area is 143 Å². The number of likely N-dealkylation sites (N-methyl/N-ethyl adjacent to an activating group) is 2. The number of benzene rings is 1. The highest BCUT2D eigenvalue weighted by atomic mass is 35.5. The highest BCUT2D eigenvalue weighted by molar-refractivity contribution is 6.35. The van der Waals surface area contributed by atoms with Gasteiger partial charge in [-0.3, -0.25) is 4.79 Å².